The molecular formula is C26H33N7O3S. The lowest BCUT2D eigenvalue weighted by atomic mass is 9.98. The number of nitrogens with one attached hydrogen (secondary N) is 2. The van der Waals surface area contributed by atoms with Crippen LogP contribution in [0.15, 0.2) is 49.1 Å². The van der Waals surface area contributed by atoms with Gasteiger partial charge in [0, 0.05) is 48.3 Å². The second-order valence-electron chi connectivity index (χ2n) is 9.36. The molecule has 0 saturated carbocycles. The van der Waals surface area contributed by atoms with Gasteiger partial charge in [0.15, 0.2) is 5.65 Å². The number of nitrogens with zero attached hydrogens (tertiary/aromatic N) is 5. The molecule has 11 heteroatoms. The van der Waals surface area contributed by atoms with E-state index in [1.54, 1.807) is 57.2 Å². The van der Waals surface area contributed by atoms with Crippen molar-refractivity contribution in [2.75, 3.05) is 26.0 Å². The van der Waals surface area contributed by atoms with Gasteiger partial charge in [-0.1, -0.05) is 13.0 Å². The number of benzene rings is 1. The number of hydrogen-bond acceptors (Lipinski definition) is 8. The number of aromatic nitrogens is 5. The van der Waals surface area contributed by atoms with Crippen molar-refractivity contribution in [3.63, 3.8) is 0 Å². The number of amides is 1. The summed E-state index contributed by atoms with van der Waals surface area (Å²) < 4.78 is 7.23. The zero-order valence-electron chi connectivity index (χ0n) is 21.6. The summed E-state index contributed by atoms with van der Waals surface area (Å²) in [4.78, 5) is 25.3. The van der Waals surface area contributed by atoms with Gasteiger partial charge < -0.3 is 20.5 Å². The third-order valence-electron chi connectivity index (χ3n) is 5.82. The van der Waals surface area contributed by atoms with Gasteiger partial charge in [0.1, 0.15) is 17.9 Å². The highest BCUT2D eigenvalue weighted by Gasteiger charge is 2.17. The lowest BCUT2D eigenvalue weighted by molar-refractivity contribution is 0.0589. The molecule has 0 unspecified atom stereocenters. The van der Waals surface area contributed by atoms with E-state index >= 15 is 0 Å². The maximum Gasteiger partial charge on any atom is 0.251 e. The van der Waals surface area contributed by atoms with Gasteiger partial charge in [-0.3, -0.25) is 4.79 Å². The zero-order chi connectivity index (χ0) is 25.9. The number of rotatable bonds is 9. The van der Waals surface area contributed by atoms with Crippen molar-refractivity contribution < 1.29 is 14.6 Å². The summed E-state index contributed by atoms with van der Waals surface area (Å²) in [5, 5.41) is 21.3. The quantitative estimate of drug-likeness (QED) is 0.305. The third kappa shape index (κ3) is 6.55. The highest BCUT2D eigenvalue weighted by Crippen LogP contribution is 2.29. The number of fused-ring (bicyclic) bond motifs is 1. The Hall–Kier alpha value is -3.70. The Labute approximate surface area is 223 Å². The first-order valence-electron chi connectivity index (χ1n) is 11.7. The molecule has 4 aromatic rings. The van der Waals surface area contributed by atoms with Crippen LogP contribution in [0.4, 0.5) is 5.82 Å². The van der Waals surface area contributed by atoms with Gasteiger partial charge in [-0.25, -0.2) is 19.6 Å². The molecule has 0 spiro atoms. The number of anilines is 1. The van der Waals surface area contributed by atoms with Gasteiger partial charge in [0.05, 0.1) is 31.1 Å². The number of hydrogen-bond donors (Lipinski definition) is 3. The molecule has 10 nitrogen and oxygen atoms in total. The fourth-order valence-corrected chi connectivity index (χ4v) is 3.98. The lowest BCUT2D eigenvalue weighted by Gasteiger charge is -2.18. The maximum absolute atomic E-state index is 11.9. The Kier molecular flexibility index (Phi) is 8.72. The number of ether oxygens (including phenoxy) is 1. The first-order valence-corrected chi connectivity index (χ1v) is 11.7. The highest BCUT2D eigenvalue weighted by atomic mass is 32.1. The molecule has 0 saturated heterocycles. The average molecular weight is 524 g/mol. The van der Waals surface area contributed by atoms with E-state index in [2.05, 4.69) is 37.6 Å². The van der Waals surface area contributed by atoms with Crippen LogP contribution in [0, 0.1) is 0 Å². The predicted molar refractivity (Wildman–Crippen MR) is 149 cm³/mol. The van der Waals surface area contributed by atoms with Crippen LogP contribution in [0.3, 0.4) is 0 Å². The van der Waals surface area contributed by atoms with E-state index < -0.39 is 5.60 Å². The summed E-state index contributed by atoms with van der Waals surface area (Å²) >= 11 is 0. The van der Waals surface area contributed by atoms with Crippen LogP contribution >= 0.6 is 13.5 Å². The van der Waals surface area contributed by atoms with Gasteiger partial charge in [-0.15, -0.1) is 0 Å². The van der Waals surface area contributed by atoms with Crippen LogP contribution in [-0.4, -0.2) is 62.0 Å². The van der Waals surface area contributed by atoms with Crippen LogP contribution in [0.25, 0.3) is 22.3 Å². The Bertz CT molecular complexity index is 1380. The molecule has 1 aromatic carbocycles. The standard InChI is InChI=1S/C26H31N7O3.H2S/c1-16(20-7-6-17(25(34)27-4)9-22(20)36-5)11-28-23-10-21(30-15-31-23)18-8-19-13-32-33(14-26(2,3)35)24(19)29-12-18;/h6-10,12-13,15-16,35H,11,14H2,1-5H3,(H,27,34)(H,28,30,31);1H2/t16-;/m1./s1. The van der Waals surface area contributed by atoms with Gasteiger partial charge in [-0.05, 0) is 37.6 Å². The van der Waals surface area contributed by atoms with Crippen LogP contribution in [-0.2, 0) is 6.54 Å². The second kappa shape index (κ2) is 11.6. The molecule has 3 aromatic heterocycles. The Morgan fingerprint density at radius 3 is 2.65 bits per heavy atom. The number of methoxy groups -OCH3 is 1. The van der Waals surface area contributed by atoms with Crippen LogP contribution in [0.1, 0.15) is 42.6 Å². The molecule has 1 atom stereocenters. The van der Waals surface area contributed by atoms with E-state index in [1.165, 1.54) is 6.33 Å². The molecule has 4 rings (SSSR count). The minimum atomic E-state index is -0.889. The Balaban J connectivity index is 0.00000380. The SMILES string of the molecule is CNC(=O)c1ccc([C@H](C)CNc2cc(-c3cnc4c(cnn4CC(C)(C)O)c3)ncn2)c(OC)c1.S. The summed E-state index contributed by atoms with van der Waals surface area (Å²) in [6, 6.07) is 9.32. The minimum Gasteiger partial charge on any atom is -0.496 e. The number of aliphatic hydroxyl groups is 1. The summed E-state index contributed by atoms with van der Waals surface area (Å²) in [5.74, 6) is 1.29. The molecule has 1 amide bonds. The van der Waals surface area contributed by atoms with E-state index in [9.17, 15) is 9.90 Å². The summed E-state index contributed by atoms with van der Waals surface area (Å²) in [7, 11) is 3.20. The smallest absolute Gasteiger partial charge is 0.251 e. The van der Waals surface area contributed by atoms with E-state index in [-0.39, 0.29) is 25.3 Å². The van der Waals surface area contributed by atoms with Crippen molar-refractivity contribution in [1.82, 2.24) is 30.0 Å². The fourth-order valence-electron chi connectivity index (χ4n) is 3.98. The largest absolute Gasteiger partial charge is 0.496 e. The second-order valence-corrected chi connectivity index (χ2v) is 9.36. The molecule has 0 aliphatic carbocycles. The van der Waals surface area contributed by atoms with Gasteiger partial charge in [0.2, 0.25) is 0 Å². The summed E-state index contributed by atoms with van der Waals surface area (Å²) in [6.07, 6.45) is 5.00. The first-order chi connectivity index (χ1) is 17.2. The van der Waals surface area contributed by atoms with Gasteiger partial charge >= 0.3 is 0 Å². The molecule has 3 heterocycles. The third-order valence-corrected chi connectivity index (χ3v) is 5.82. The molecule has 0 bridgehead atoms. The zero-order valence-corrected chi connectivity index (χ0v) is 22.6. The highest BCUT2D eigenvalue weighted by molar-refractivity contribution is 7.59. The van der Waals surface area contributed by atoms with E-state index in [0.29, 0.717) is 35.9 Å². The lowest BCUT2D eigenvalue weighted by Crippen LogP contribution is -2.26. The minimum absolute atomic E-state index is 0. The molecule has 0 aliphatic rings. The van der Waals surface area contributed by atoms with Crippen molar-refractivity contribution in [1.29, 1.82) is 0 Å². The van der Waals surface area contributed by atoms with Crippen molar-refractivity contribution in [3.8, 4) is 17.0 Å². The van der Waals surface area contributed by atoms with Crippen molar-refractivity contribution in [2.45, 2.75) is 38.8 Å². The molecular weight excluding hydrogens is 490 g/mol. The topological polar surface area (TPSA) is 127 Å². The molecule has 3 N–H and O–H groups in total. The van der Waals surface area contributed by atoms with Gasteiger partial charge in [0.25, 0.3) is 5.91 Å². The Morgan fingerprint density at radius 1 is 1.16 bits per heavy atom. The van der Waals surface area contributed by atoms with Crippen LogP contribution in [0.2, 0.25) is 0 Å². The normalized spacial score (nSPS) is 12.1. The van der Waals surface area contributed by atoms with Crippen molar-refractivity contribution >= 4 is 36.3 Å². The fraction of sp³-hybridized carbons (Fsp3) is 0.346. The molecule has 196 valence electrons. The summed E-state index contributed by atoms with van der Waals surface area (Å²) in [6.45, 7) is 6.51. The summed E-state index contributed by atoms with van der Waals surface area (Å²) in [5.41, 5.74) is 2.94. The number of carbonyl (C=O) groups excluding carboxylic acids is 1. The number of carbonyl (C=O) groups is 1. The predicted octanol–water partition coefficient (Wildman–Crippen LogP) is 3.36. The monoisotopic (exact) mass is 523 g/mol. The van der Waals surface area contributed by atoms with Crippen LogP contribution in [0.5, 0.6) is 5.75 Å². The molecule has 0 fully saturated rings. The van der Waals surface area contributed by atoms with Gasteiger partial charge in [-0.2, -0.15) is 18.6 Å². The first kappa shape index (κ1) is 27.9. The van der Waals surface area contributed by atoms with E-state index in [4.69, 9.17) is 4.74 Å². The van der Waals surface area contributed by atoms with E-state index in [0.717, 1.165) is 22.2 Å². The Morgan fingerprint density at radius 2 is 1.95 bits per heavy atom. The van der Waals surface area contributed by atoms with Crippen molar-refractivity contribution in [3.05, 3.63) is 60.2 Å². The number of pyridine rings is 1. The molecule has 0 aliphatic heterocycles. The molecule has 37 heavy (non-hydrogen) atoms. The molecule has 0 radical (unpaired) electrons. The maximum atomic E-state index is 11.9. The van der Waals surface area contributed by atoms with Crippen LogP contribution < -0.4 is 15.4 Å². The van der Waals surface area contributed by atoms with Crippen molar-refractivity contribution in [2.24, 2.45) is 0 Å². The average Bonchev–Trinajstić information content (AvgIpc) is 3.26. The van der Waals surface area contributed by atoms with E-state index in [1.807, 2.05) is 18.2 Å².